The van der Waals surface area contributed by atoms with Crippen molar-refractivity contribution in [3.05, 3.63) is 29.8 Å². The molecule has 5 nitrogen and oxygen atoms in total. The van der Waals surface area contributed by atoms with E-state index in [4.69, 9.17) is 11.5 Å². The minimum absolute atomic E-state index is 0.000567. The number of rotatable bonds is 8. The summed E-state index contributed by atoms with van der Waals surface area (Å²) in [7, 11) is 0. The number of amides is 2. The van der Waals surface area contributed by atoms with Gasteiger partial charge in [0.2, 0.25) is 11.8 Å². The van der Waals surface area contributed by atoms with Gasteiger partial charge in [-0.3, -0.25) is 9.59 Å². The zero-order valence-corrected chi connectivity index (χ0v) is 12.0. The summed E-state index contributed by atoms with van der Waals surface area (Å²) < 4.78 is 0. The van der Waals surface area contributed by atoms with Gasteiger partial charge in [0, 0.05) is 18.7 Å². The third-order valence-electron chi connectivity index (χ3n) is 3.09. The molecule has 0 bridgehead atoms. The van der Waals surface area contributed by atoms with Crippen LogP contribution in [0.5, 0.6) is 0 Å². The van der Waals surface area contributed by atoms with Crippen molar-refractivity contribution in [3.63, 3.8) is 0 Å². The molecule has 1 aromatic carbocycles. The lowest BCUT2D eigenvalue weighted by molar-refractivity contribution is -0.135. The highest BCUT2D eigenvalue weighted by molar-refractivity contribution is 5.83. The van der Waals surface area contributed by atoms with Crippen LogP contribution >= 0.6 is 0 Å². The average molecular weight is 277 g/mol. The molecule has 5 heteroatoms. The SMILES string of the molecule is CCCCN(CC(N)=O)C(=O)CCc1ccc(N)cc1. The smallest absolute Gasteiger partial charge is 0.237 e. The molecule has 0 spiro atoms. The van der Waals surface area contributed by atoms with E-state index < -0.39 is 5.91 Å². The molecule has 0 saturated heterocycles. The van der Waals surface area contributed by atoms with E-state index in [2.05, 4.69) is 0 Å². The van der Waals surface area contributed by atoms with E-state index in [-0.39, 0.29) is 12.5 Å². The highest BCUT2D eigenvalue weighted by Crippen LogP contribution is 2.09. The van der Waals surface area contributed by atoms with Crippen molar-refractivity contribution < 1.29 is 9.59 Å². The van der Waals surface area contributed by atoms with Crippen LogP contribution < -0.4 is 11.5 Å². The maximum Gasteiger partial charge on any atom is 0.237 e. The lowest BCUT2D eigenvalue weighted by Crippen LogP contribution is -2.39. The molecule has 1 rings (SSSR count). The summed E-state index contributed by atoms with van der Waals surface area (Å²) in [5, 5.41) is 0. The highest BCUT2D eigenvalue weighted by atomic mass is 16.2. The van der Waals surface area contributed by atoms with Gasteiger partial charge in [0.25, 0.3) is 0 Å². The minimum atomic E-state index is -0.470. The van der Waals surface area contributed by atoms with Gasteiger partial charge in [-0.2, -0.15) is 0 Å². The van der Waals surface area contributed by atoms with E-state index in [0.29, 0.717) is 25.1 Å². The van der Waals surface area contributed by atoms with E-state index in [1.807, 2.05) is 31.2 Å². The second-order valence-corrected chi connectivity index (χ2v) is 4.88. The number of hydrogen-bond acceptors (Lipinski definition) is 3. The van der Waals surface area contributed by atoms with Crippen molar-refractivity contribution in [2.75, 3.05) is 18.8 Å². The number of nitrogen functional groups attached to an aromatic ring is 1. The number of unbranched alkanes of at least 4 members (excludes halogenated alkanes) is 1. The summed E-state index contributed by atoms with van der Waals surface area (Å²) in [5.74, 6) is -0.504. The Bertz CT molecular complexity index is 443. The molecule has 0 fully saturated rings. The number of carbonyl (C=O) groups excluding carboxylic acids is 2. The highest BCUT2D eigenvalue weighted by Gasteiger charge is 2.14. The minimum Gasteiger partial charge on any atom is -0.399 e. The van der Waals surface area contributed by atoms with Crippen molar-refractivity contribution >= 4 is 17.5 Å². The Morgan fingerprint density at radius 1 is 1.20 bits per heavy atom. The summed E-state index contributed by atoms with van der Waals surface area (Å²) >= 11 is 0. The molecular formula is C15H23N3O2. The molecular weight excluding hydrogens is 254 g/mol. The molecule has 0 saturated carbocycles. The number of benzene rings is 1. The summed E-state index contributed by atoms with van der Waals surface area (Å²) in [4.78, 5) is 24.7. The van der Waals surface area contributed by atoms with Crippen LogP contribution in [0.4, 0.5) is 5.69 Å². The van der Waals surface area contributed by atoms with Gasteiger partial charge >= 0.3 is 0 Å². The van der Waals surface area contributed by atoms with Crippen LogP contribution in [0.1, 0.15) is 31.7 Å². The number of anilines is 1. The molecule has 4 N–H and O–H groups in total. The van der Waals surface area contributed by atoms with Crippen LogP contribution in [0.2, 0.25) is 0 Å². The maximum absolute atomic E-state index is 12.1. The van der Waals surface area contributed by atoms with E-state index in [9.17, 15) is 9.59 Å². The first-order valence-corrected chi connectivity index (χ1v) is 6.93. The first-order valence-electron chi connectivity index (χ1n) is 6.93. The molecule has 0 atom stereocenters. The predicted octanol–water partition coefficient (Wildman–Crippen LogP) is 1.32. The van der Waals surface area contributed by atoms with Gasteiger partial charge in [0.05, 0.1) is 6.54 Å². The third kappa shape index (κ3) is 5.73. The number of nitrogens with zero attached hydrogens (tertiary/aromatic N) is 1. The summed E-state index contributed by atoms with van der Waals surface area (Å²) in [6, 6.07) is 7.45. The molecule has 1 aromatic rings. The molecule has 0 aromatic heterocycles. The van der Waals surface area contributed by atoms with Crippen LogP contribution in [0, 0.1) is 0 Å². The second kappa shape index (κ2) is 8.19. The van der Waals surface area contributed by atoms with Crippen molar-refractivity contribution in [2.45, 2.75) is 32.6 Å². The lowest BCUT2D eigenvalue weighted by atomic mass is 10.1. The zero-order chi connectivity index (χ0) is 15.0. The topological polar surface area (TPSA) is 89.4 Å². The number of carbonyl (C=O) groups is 2. The number of primary amides is 1. The molecule has 2 amide bonds. The van der Waals surface area contributed by atoms with Crippen LogP contribution in [0.3, 0.4) is 0 Å². The standard InChI is InChI=1S/C15H23N3O2/c1-2-3-10-18(11-14(17)19)15(20)9-6-12-4-7-13(16)8-5-12/h4-5,7-8H,2-3,6,9-11,16H2,1H3,(H2,17,19). The number of aryl methyl sites for hydroxylation is 1. The van der Waals surface area contributed by atoms with E-state index >= 15 is 0 Å². The first-order chi connectivity index (χ1) is 9.52. The fourth-order valence-electron chi connectivity index (χ4n) is 1.92. The Morgan fingerprint density at radius 3 is 2.40 bits per heavy atom. The van der Waals surface area contributed by atoms with Crippen LogP contribution in [0.25, 0.3) is 0 Å². The van der Waals surface area contributed by atoms with Crippen LogP contribution in [-0.2, 0) is 16.0 Å². The van der Waals surface area contributed by atoms with Gasteiger partial charge in [-0.15, -0.1) is 0 Å². The van der Waals surface area contributed by atoms with Crippen LogP contribution in [0.15, 0.2) is 24.3 Å². The van der Waals surface area contributed by atoms with Gasteiger partial charge in [0.15, 0.2) is 0 Å². The normalized spacial score (nSPS) is 10.2. The first kappa shape index (κ1) is 16.0. The van der Waals surface area contributed by atoms with Gasteiger partial charge in [-0.05, 0) is 30.5 Å². The lowest BCUT2D eigenvalue weighted by Gasteiger charge is -2.21. The predicted molar refractivity (Wildman–Crippen MR) is 79.9 cm³/mol. The summed E-state index contributed by atoms with van der Waals surface area (Å²) in [6.07, 6.45) is 2.86. The van der Waals surface area contributed by atoms with Crippen LogP contribution in [-0.4, -0.2) is 29.8 Å². The van der Waals surface area contributed by atoms with Crippen molar-refractivity contribution in [1.29, 1.82) is 0 Å². The number of hydrogen-bond donors (Lipinski definition) is 2. The molecule has 0 aliphatic heterocycles. The van der Waals surface area contributed by atoms with Crippen molar-refractivity contribution in [1.82, 2.24) is 4.90 Å². The Kier molecular flexibility index (Phi) is 6.56. The zero-order valence-electron chi connectivity index (χ0n) is 12.0. The molecule has 0 unspecified atom stereocenters. The van der Waals surface area contributed by atoms with Gasteiger partial charge in [-0.1, -0.05) is 25.5 Å². The van der Waals surface area contributed by atoms with Gasteiger partial charge in [0.1, 0.15) is 0 Å². The molecule has 0 aliphatic rings. The van der Waals surface area contributed by atoms with E-state index in [0.717, 1.165) is 18.4 Å². The Balaban J connectivity index is 2.51. The monoisotopic (exact) mass is 277 g/mol. The number of nitrogens with two attached hydrogens (primary N) is 2. The summed E-state index contributed by atoms with van der Waals surface area (Å²) in [5.41, 5.74) is 12.6. The van der Waals surface area contributed by atoms with E-state index in [1.165, 1.54) is 0 Å². The van der Waals surface area contributed by atoms with Gasteiger partial charge in [-0.25, -0.2) is 0 Å². The third-order valence-corrected chi connectivity index (χ3v) is 3.09. The molecule has 0 heterocycles. The van der Waals surface area contributed by atoms with E-state index in [1.54, 1.807) is 4.90 Å². The second-order valence-electron chi connectivity index (χ2n) is 4.88. The molecule has 0 aliphatic carbocycles. The molecule has 0 radical (unpaired) electrons. The van der Waals surface area contributed by atoms with Crippen molar-refractivity contribution in [3.8, 4) is 0 Å². The fraction of sp³-hybridized carbons (Fsp3) is 0.467. The Hall–Kier alpha value is -2.04. The molecule has 110 valence electrons. The fourth-order valence-corrected chi connectivity index (χ4v) is 1.92. The Morgan fingerprint density at radius 2 is 1.85 bits per heavy atom. The molecule has 20 heavy (non-hydrogen) atoms. The Labute approximate surface area is 119 Å². The maximum atomic E-state index is 12.1. The average Bonchev–Trinajstić information content (AvgIpc) is 2.42. The van der Waals surface area contributed by atoms with Crippen molar-refractivity contribution in [2.24, 2.45) is 5.73 Å². The van der Waals surface area contributed by atoms with Gasteiger partial charge < -0.3 is 16.4 Å². The quantitative estimate of drug-likeness (QED) is 0.702. The summed E-state index contributed by atoms with van der Waals surface area (Å²) in [6.45, 7) is 2.63. The largest absolute Gasteiger partial charge is 0.399 e.